The standard InChI is InChI=1S/C13H11Cl3N2S/c1-7-4-10(14)9(13(16)18-7)6-19-8-2-3-12(17)11(15)5-8/h2-5H,6,17H2,1H3. The van der Waals surface area contributed by atoms with Crippen LogP contribution in [0.15, 0.2) is 29.2 Å². The van der Waals surface area contributed by atoms with E-state index in [1.54, 1.807) is 23.9 Å². The number of hydrogen-bond donors (Lipinski definition) is 1. The molecule has 2 rings (SSSR count). The molecule has 0 radical (unpaired) electrons. The number of aryl methyl sites for hydroxylation is 1. The van der Waals surface area contributed by atoms with E-state index in [1.165, 1.54) is 0 Å². The summed E-state index contributed by atoms with van der Waals surface area (Å²) in [5.41, 5.74) is 7.87. The first-order chi connectivity index (χ1) is 8.97. The molecule has 6 heteroatoms. The van der Waals surface area contributed by atoms with Crippen LogP contribution >= 0.6 is 46.6 Å². The molecule has 0 bridgehead atoms. The van der Waals surface area contributed by atoms with Crippen molar-refractivity contribution in [1.29, 1.82) is 0 Å². The number of benzene rings is 1. The Morgan fingerprint density at radius 3 is 2.53 bits per heavy atom. The smallest absolute Gasteiger partial charge is 0.134 e. The fourth-order valence-electron chi connectivity index (χ4n) is 1.51. The summed E-state index contributed by atoms with van der Waals surface area (Å²) >= 11 is 19.8. The quantitative estimate of drug-likeness (QED) is 0.475. The van der Waals surface area contributed by atoms with Crippen LogP contribution in [0.4, 0.5) is 5.69 Å². The van der Waals surface area contributed by atoms with Crippen LogP contribution < -0.4 is 5.73 Å². The van der Waals surface area contributed by atoms with Gasteiger partial charge in [-0.3, -0.25) is 0 Å². The molecule has 2 nitrogen and oxygen atoms in total. The highest BCUT2D eigenvalue weighted by atomic mass is 35.5. The molecule has 2 N–H and O–H groups in total. The predicted molar refractivity (Wildman–Crippen MR) is 84.4 cm³/mol. The first-order valence-electron chi connectivity index (χ1n) is 5.46. The third-order valence-electron chi connectivity index (χ3n) is 2.50. The lowest BCUT2D eigenvalue weighted by atomic mass is 10.3. The fraction of sp³-hybridized carbons (Fsp3) is 0.154. The molecule has 1 heterocycles. The van der Waals surface area contributed by atoms with E-state index in [4.69, 9.17) is 40.5 Å². The molecule has 0 saturated carbocycles. The Kier molecular flexibility index (Phi) is 4.85. The molecule has 0 aliphatic rings. The van der Waals surface area contributed by atoms with Gasteiger partial charge in [0.05, 0.1) is 10.7 Å². The summed E-state index contributed by atoms with van der Waals surface area (Å²) < 4.78 is 0. The zero-order valence-electron chi connectivity index (χ0n) is 10.1. The molecular formula is C13H11Cl3N2S. The highest BCUT2D eigenvalue weighted by Gasteiger charge is 2.09. The van der Waals surface area contributed by atoms with Crippen molar-refractivity contribution < 1.29 is 0 Å². The number of halogens is 3. The Bertz CT molecular complexity index is 594. The summed E-state index contributed by atoms with van der Waals surface area (Å²) in [6.45, 7) is 1.86. The summed E-state index contributed by atoms with van der Waals surface area (Å²) in [5, 5.41) is 1.62. The fourth-order valence-corrected chi connectivity index (χ4v) is 3.54. The van der Waals surface area contributed by atoms with Gasteiger partial charge >= 0.3 is 0 Å². The van der Waals surface area contributed by atoms with E-state index >= 15 is 0 Å². The lowest BCUT2D eigenvalue weighted by Crippen LogP contribution is -1.91. The van der Waals surface area contributed by atoms with Gasteiger partial charge in [0.2, 0.25) is 0 Å². The maximum Gasteiger partial charge on any atom is 0.134 e. The molecular weight excluding hydrogens is 323 g/mol. The number of nitrogen functional groups attached to an aromatic ring is 1. The van der Waals surface area contributed by atoms with Crippen LogP contribution in [0.2, 0.25) is 15.2 Å². The summed E-state index contributed by atoms with van der Waals surface area (Å²) in [7, 11) is 0. The van der Waals surface area contributed by atoms with Crippen LogP contribution in [-0.2, 0) is 5.75 Å². The first kappa shape index (κ1) is 14.8. The minimum atomic E-state index is 0.444. The van der Waals surface area contributed by atoms with Crippen LogP contribution in [-0.4, -0.2) is 4.98 Å². The number of thioether (sulfide) groups is 1. The maximum absolute atomic E-state index is 6.17. The maximum atomic E-state index is 6.17. The van der Waals surface area contributed by atoms with Gasteiger partial charge in [-0.25, -0.2) is 4.98 Å². The van der Waals surface area contributed by atoms with E-state index in [0.29, 0.717) is 26.6 Å². The summed E-state index contributed by atoms with van der Waals surface area (Å²) in [4.78, 5) is 5.21. The normalized spacial score (nSPS) is 10.7. The Labute approximate surface area is 131 Å². The van der Waals surface area contributed by atoms with Gasteiger partial charge in [0.1, 0.15) is 5.15 Å². The number of aromatic nitrogens is 1. The third kappa shape index (κ3) is 3.69. The molecule has 0 atom stereocenters. The van der Waals surface area contributed by atoms with Gasteiger partial charge in [-0.2, -0.15) is 0 Å². The van der Waals surface area contributed by atoms with Crippen molar-refractivity contribution in [1.82, 2.24) is 4.98 Å². The number of anilines is 1. The highest BCUT2D eigenvalue weighted by Crippen LogP contribution is 2.33. The van der Waals surface area contributed by atoms with Crippen LogP contribution in [0.25, 0.3) is 0 Å². The average molecular weight is 334 g/mol. The van der Waals surface area contributed by atoms with Crippen LogP contribution in [0.1, 0.15) is 11.3 Å². The summed E-state index contributed by atoms with van der Waals surface area (Å²) in [5.74, 6) is 0.630. The van der Waals surface area contributed by atoms with E-state index in [-0.39, 0.29) is 0 Å². The van der Waals surface area contributed by atoms with Gasteiger partial charge in [0.25, 0.3) is 0 Å². The predicted octanol–water partition coefficient (Wildman–Crippen LogP) is 5.22. The molecule has 1 aromatic carbocycles. The van der Waals surface area contributed by atoms with Crippen molar-refractivity contribution >= 4 is 52.3 Å². The van der Waals surface area contributed by atoms with Crippen molar-refractivity contribution in [2.75, 3.05) is 5.73 Å². The van der Waals surface area contributed by atoms with E-state index in [9.17, 15) is 0 Å². The van der Waals surface area contributed by atoms with Gasteiger partial charge in [0, 0.05) is 26.9 Å². The van der Waals surface area contributed by atoms with Crippen LogP contribution in [0, 0.1) is 6.92 Å². The number of nitrogens with two attached hydrogens (primary N) is 1. The molecule has 0 aliphatic heterocycles. The second-order valence-corrected chi connectivity index (χ2v) is 6.21. The molecule has 0 saturated heterocycles. The minimum absolute atomic E-state index is 0.444. The van der Waals surface area contributed by atoms with Gasteiger partial charge in [-0.05, 0) is 31.2 Å². The van der Waals surface area contributed by atoms with Crippen molar-refractivity contribution in [2.24, 2.45) is 0 Å². The number of pyridine rings is 1. The highest BCUT2D eigenvalue weighted by molar-refractivity contribution is 7.98. The first-order valence-corrected chi connectivity index (χ1v) is 7.58. The van der Waals surface area contributed by atoms with Gasteiger partial charge in [-0.15, -0.1) is 11.8 Å². The summed E-state index contributed by atoms with van der Waals surface area (Å²) in [6.07, 6.45) is 0. The molecule has 0 aliphatic carbocycles. The van der Waals surface area contributed by atoms with E-state index in [1.807, 2.05) is 19.1 Å². The zero-order chi connectivity index (χ0) is 14.0. The number of nitrogens with zero attached hydrogens (tertiary/aromatic N) is 1. The third-order valence-corrected chi connectivity index (χ3v) is 4.50. The van der Waals surface area contributed by atoms with Crippen LogP contribution in [0.3, 0.4) is 0 Å². The van der Waals surface area contributed by atoms with Crippen LogP contribution in [0.5, 0.6) is 0 Å². The molecule has 0 fully saturated rings. The monoisotopic (exact) mass is 332 g/mol. The van der Waals surface area contributed by atoms with Crippen molar-refractivity contribution in [3.8, 4) is 0 Å². The van der Waals surface area contributed by atoms with Crippen molar-refractivity contribution in [2.45, 2.75) is 17.6 Å². The molecule has 2 aromatic rings. The molecule has 0 spiro atoms. The zero-order valence-corrected chi connectivity index (χ0v) is 13.2. The molecule has 0 amide bonds. The van der Waals surface area contributed by atoms with E-state index in [2.05, 4.69) is 4.98 Å². The second-order valence-electron chi connectivity index (χ2n) is 3.99. The Morgan fingerprint density at radius 2 is 1.89 bits per heavy atom. The van der Waals surface area contributed by atoms with Crippen molar-refractivity contribution in [3.63, 3.8) is 0 Å². The molecule has 1 aromatic heterocycles. The minimum Gasteiger partial charge on any atom is -0.398 e. The van der Waals surface area contributed by atoms with Crippen molar-refractivity contribution in [3.05, 3.63) is 50.7 Å². The van der Waals surface area contributed by atoms with Gasteiger partial charge < -0.3 is 5.73 Å². The molecule has 19 heavy (non-hydrogen) atoms. The lowest BCUT2D eigenvalue weighted by molar-refractivity contribution is 1.16. The van der Waals surface area contributed by atoms with Gasteiger partial charge in [0.15, 0.2) is 0 Å². The number of rotatable bonds is 3. The van der Waals surface area contributed by atoms with E-state index in [0.717, 1.165) is 16.2 Å². The Balaban J connectivity index is 2.16. The molecule has 100 valence electrons. The van der Waals surface area contributed by atoms with Gasteiger partial charge in [-0.1, -0.05) is 34.8 Å². The largest absolute Gasteiger partial charge is 0.398 e. The second kappa shape index (κ2) is 6.23. The average Bonchev–Trinajstić information content (AvgIpc) is 2.32. The Morgan fingerprint density at radius 1 is 1.16 bits per heavy atom. The molecule has 0 unspecified atom stereocenters. The lowest BCUT2D eigenvalue weighted by Gasteiger charge is -2.08. The van der Waals surface area contributed by atoms with E-state index < -0.39 is 0 Å². The summed E-state index contributed by atoms with van der Waals surface area (Å²) in [6, 6.07) is 7.32. The number of hydrogen-bond acceptors (Lipinski definition) is 3. The topological polar surface area (TPSA) is 38.9 Å². The SMILES string of the molecule is Cc1cc(Cl)c(CSc2ccc(N)c(Cl)c2)c(Cl)n1. The Hall–Kier alpha value is -0.610.